The van der Waals surface area contributed by atoms with Gasteiger partial charge in [0.15, 0.2) is 10.9 Å². The minimum Gasteiger partial charge on any atom is -0.453 e. The summed E-state index contributed by atoms with van der Waals surface area (Å²) in [4.78, 5) is 33.4. The van der Waals surface area contributed by atoms with Gasteiger partial charge >= 0.3 is 0 Å². The van der Waals surface area contributed by atoms with Gasteiger partial charge in [0.05, 0.1) is 11.1 Å². The van der Waals surface area contributed by atoms with Gasteiger partial charge < -0.3 is 9.40 Å². The molecule has 3 aromatic heterocycles. The Hall–Kier alpha value is -2.68. The first-order chi connectivity index (χ1) is 15.0. The number of carbonyl (C=O) groups excluding carboxylic acids is 1. The molecule has 5 aromatic rings. The summed E-state index contributed by atoms with van der Waals surface area (Å²) in [6.07, 6.45) is 0. The first-order valence-electron chi connectivity index (χ1n) is 9.41. The smallest absolute Gasteiger partial charge is 0.260 e. The van der Waals surface area contributed by atoms with Crippen molar-refractivity contribution in [1.29, 1.82) is 0 Å². The first-order valence-corrected chi connectivity index (χ1v) is 12.1. The number of hydrogen-bond donors (Lipinski definition) is 1. The van der Waals surface area contributed by atoms with Crippen molar-refractivity contribution in [3.63, 3.8) is 0 Å². The number of nitrogens with zero attached hydrogens (tertiary/aromatic N) is 1. The number of thiophene rings is 1. The summed E-state index contributed by atoms with van der Waals surface area (Å²) in [5.41, 5.74) is 3.47. The van der Waals surface area contributed by atoms with Crippen LogP contribution in [0.3, 0.4) is 0 Å². The monoisotopic (exact) mass is 510 g/mol. The quantitative estimate of drug-likeness (QED) is 0.167. The highest BCUT2D eigenvalue weighted by atomic mass is 79.9. The molecule has 0 aliphatic heterocycles. The van der Waals surface area contributed by atoms with E-state index in [0.29, 0.717) is 26.7 Å². The Morgan fingerprint density at radius 1 is 1.19 bits per heavy atom. The van der Waals surface area contributed by atoms with Crippen LogP contribution in [0.1, 0.15) is 16.1 Å². The second kappa shape index (κ2) is 8.11. The molecule has 5 nitrogen and oxygen atoms in total. The van der Waals surface area contributed by atoms with Crippen molar-refractivity contribution in [3.05, 3.63) is 80.1 Å². The number of rotatable bonds is 5. The molecule has 0 fully saturated rings. The maximum atomic E-state index is 12.8. The number of aryl methyl sites for hydroxylation is 1. The summed E-state index contributed by atoms with van der Waals surface area (Å²) >= 11 is 6.03. The highest BCUT2D eigenvalue weighted by Crippen LogP contribution is 2.32. The number of H-pyrrole nitrogens is 1. The largest absolute Gasteiger partial charge is 0.453 e. The lowest BCUT2D eigenvalue weighted by atomic mass is 10.1. The third-order valence-corrected chi connectivity index (χ3v) is 7.12. The number of halogens is 1. The van der Waals surface area contributed by atoms with Gasteiger partial charge in [0.1, 0.15) is 10.4 Å². The molecule has 0 unspecified atom stereocenters. The molecule has 31 heavy (non-hydrogen) atoms. The van der Waals surface area contributed by atoms with Crippen LogP contribution >= 0.6 is 39.0 Å². The lowest BCUT2D eigenvalue weighted by Gasteiger charge is -2.02. The molecule has 0 aliphatic rings. The van der Waals surface area contributed by atoms with Gasteiger partial charge in [0.2, 0.25) is 5.78 Å². The lowest BCUT2D eigenvalue weighted by Crippen LogP contribution is -2.10. The van der Waals surface area contributed by atoms with E-state index in [-0.39, 0.29) is 17.1 Å². The predicted octanol–water partition coefficient (Wildman–Crippen LogP) is 6.44. The SMILES string of the molecule is Cc1ccc(-c2csc3nc(SCC(=O)c4cc5cc(Br)ccc5o4)[nH]c(=O)c23)cc1. The van der Waals surface area contributed by atoms with E-state index in [9.17, 15) is 9.59 Å². The first kappa shape index (κ1) is 20.2. The molecule has 0 aliphatic carbocycles. The molecule has 0 atom stereocenters. The van der Waals surface area contributed by atoms with Crippen molar-refractivity contribution in [2.45, 2.75) is 12.1 Å². The van der Waals surface area contributed by atoms with Gasteiger partial charge in [0.25, 0.3) is 5.56 Å². The molecule has 0 radical (unpaired) electrons. The summed E-state index contributed by atoms with van der Waals surface area (Å²) in [5.74, 6) is 0.249. The highest BCUT2D eigenvalue weighted by Gasteiger charge is 2.16. The molecule has 154 valence electrons. The van der Waals surface area contributed by atoms with Gasteiger partial charge in [-0.15, -0.1) is 11.3 Å². The molecule has 1 N–H and O–H groups in total. The van der Waals surface area contributed by atoms with Crippen LogP contribution < -0.4 is 5.56 Å². The molecule has 2 aromatic carbocycles. The van der Waals surface area contributed by atoms with E-state index < -0.39 is 0 Å². The Morgan fingerprint density at radius 3 is 2.81 bits per heavy atom. The predicted molar refractivity (Wildman–Crippen MR) is 129 cm³/mol. The summed E-state index contributed by atoms with van der Waals surface area (Å²) in [6, 6.07) is 15.4. The van der Waals surface area contributed by atoms with E-state index in [1.165, 1.54) is 23.1 Å². The van der Waals surface area contributed by atoms with E-state index in [1.807, 2.05) is 54.8 Å². The van der Waals surface area contributed by atoms with Gasteiger partial charge in [-0.1, -0.05) is 57.5 Å². The number of nitrogens with one attached hydrogen (secondary N) is 1. The lowest BCUT2D eigenvalue weighted by molar-refractivity contribution is 0.0994. The molecule has 0 bridgehead atoms. The zero-order chi connectivity index (χ0) is 21.5. The van der Waals surface area contributed by atoms with Crippen molar-refractivity contribution in [3.8, 4) is 11.1 Å². The van der Waals surface area contributed by atoms with Gasteiger partial charge in [0, 0.05) is 20.8 Å². The number of ketones is 1. The van der Waals surface area contributed by atoms with Crippen molar-refractivity contribution in [2.75, 3.05) is 5.75 Å². The van der Waals surface area contributed by atoms with Crippen molar-refractivity contribution in [1.82, 2.24) is 9.97 Å². The zero-order valence-electron chi connectivity index (χ0n) is 16.3. The molecule has 0 saturated heterocycles. The topological polar surface area (TPSA) is 76.0 Å². The number of fused-ring (bicyclic) bond motifs is 2. The number of aromatic nitrogens is 2. The fraction of sp³-hybridized carbons (Fsp3) is 0.0870. The van der Waals surface area contributed by atoms with E-state index in [4.69, 9.17) is 4.42 Å². The van der Waals surface area contributed by atoms with Crippen LogP contribution in [-0.4, -0.2) is 21.5 Å². The summed E-state index contributed by atoms with van der Waals surface area (Å²) in [5, 5.41) is 3.80. The fourth-order valence-electron chi connectivity index (χ4n) is 3.30. The molecular weight excluding hydrogens is 496 g/mol. The Balaban J connectivity index is 1.38. The van der Waals surface area contributed by atoms with Crippen LogP contribution in [0.5, 0.6) is 0 Å². The maximum absolute atomic E-state index is 12.8. The highest BCUT2D eigenvalue weighted by molar-refractivity contribution is 9.10. The zero-order valence-corrected chi connectivity index (χ0v) is 19.5. The van der Waals surface area contributed by atoms with Gasteiger partial charge in [-0.3, -0.25) is 9.59 Å². The standard InChI is InChI=1S/C23H15BrN2O3S2/c1-12-2-4-13(5-3-12)16-10-30-22-20(16)21(28)25-23(26-22)31-11-17(27)19-9-14-8-15(24)6-7-18(14)29-19/h2-10H,11H2,1H3,(H,25,26,28). The van der Waals surface area contributed by atoms with Crippen molar-refractivity contribution < 1.29 is 9.21 Å². The Labute approximate surface area is 193 Å². The van der Waals surface area contributed by atoms with Gasteiger partial charge in [-0.25, -0.2) is 4.98 Å². The van der Waals surface area contributed by atoms with Crippen LogP contribution in [0.4, 0.5) is 0 Å². The van der Waals surface area contributed by atoms with Crippen LogP contribution in [0.15, 0.2) is 72.8 Å². The molecule has 8 heteroatoms. The minimum absolute atomic E-state index is 0.117. The Kier molecular flexibility index (Phi) is 5.29. The molecule has 5 rings (SSSR count). The van der Waals surface area contributed by atoms with Crippen molar-refractivity contribution in [2.24, 2.45) is 0 Å². The van der Waals surface area contributed by atoms with Crippen LogP contribution in [0.25, 0.3) is 32.3 Å². The van der Waals surface area contributed by atoms with Crippen LogP contribution in [0.2, 0.25) is 0 Å². The van der Waals surface area contributed by atoms with E-state index >= 15 is 0 Å². The Morgan fingerprint density at radius 2 is 2.00 bits per heavy atom. The Bertz CT molecular complexity index is 1500. The number of aromatic amines is 1. The third-order valence-electron chi connectivity index (χ3n) is 4.88. The second-order valence-corrected chi connectivity index (χ2v) is 9.81. The van der Waals surface area contributed by atoms with E-state index in [0.717, 1.165) is 26.5 Å². The van der Waals surface area contributed by atoms with Gasteiger partial charge in [-0.05, 0) is 36.8 Å². The van der Waals surface area contributed by atoms with Crippen molar-refractivity contribution >= 4 is 66.0 Å². The fourth-order valence-corrected chi connectivity index (χ4v) is 5.42. The number of furan rings is 1. The number of benzene rings is 2. The van der Waals surface area contributed by atoms with Crippen LogP contribution in [-0.2, 0) is 0 Å². The van der Waals surface area contributed by atoms with Crippen LogP contribution in [0, 0.1) is 6.92 Å². The number of carbonyl (C=O) groups is 1. The molecule has 0 spiro atoms. The molecule has 0 saturated carbocycles. The van der Waals surface area contributed by atoms with E-state index in [2.05, 4.69) is 25.9 Å². The summed E-state index contributed by atoms with van der Waals surface area (Å²) in [7, 11) is 0. The summed E-state index contributed by atoms with van der Waals surface area (Å²) in [6.45, 7) is 2.03. The average Bonchev–Trinajstić information content (AvgIpc) is 3.37. The molecular formula is C23H15BrN2O3S2. The third kappa shape index (κ3) is 3.98. The van der Waals surface area contributed by atoms with E-state index in [1.54, 1.807) is 6.07 Å². The molecule has 0 amide bonds. The number of hydrogen-bond acceptors (Lipinski definition) is 6. The second-order valence-electron chi connectivity index (χ2n) is 7.07. The van der Waals surface area contributed by atoms with Gasteiger partial charge in [-0.2, -0.15) is 0 Å². The maximum Gasteiger partial charge on any atom is 0.260 e. The summed E-state index contributed by atoms with van der Waals surface area (Å²) < 4.78 is 6.58. The average molecular weight is 511 g/mol. The minimum atomic E-state index is -0.203. The number of Topliss-reactive ketones (excluding diaryl/α,β-unsaturated/α-hetero) is 1. The molecule has 3 heterocycles. The normalized spacial score (nSPS) is 11.4. The number of thioether (sulfide) groups is 1.